The maximum atomic E-state index is 12.3. The second kappa shape index (κ2) is 7.00. The van der Waals surface area contributed by atoms with Crippen LogP contribution in [0.15, 0.2) is 41.5 Å². The van der Waals surface area contributed by atoms with Crippen molar-refractivity contribution in [2.24, 2.45) is 0 Å². The molecule has 2 heterocycles. The molecule has 2 amide bonds. The van der Waals surface area contributed by atoms with Gasteiger partial charge in [0, 0.05) is 11.1 Å². The molecular formula is C17H18N2O4. The molecule has 0 fully saturated rings. The first-order valence-electron chi connectivity index (χ1n) is 7.32. The van der Waals surface area contributed by atoms with E-state index in [0.717, 1.165) is 4.90 Å². The Morgan fingerprint density at radius 2 is 2.04 bits per heavy atom. The Labute approximate surface area is 134 Å². The van der Waals surface area contributed by atoms with Crippen molar-refractivity contribution in [3.05, 3.63) is 52.9 Å². The number of hydrogen-bond donors (Lipinski definition) is 0. The SMILES string of the molecule is C/C=C\C1=C(C)C(=O)N(Cc2cccc(C(=O)OCC)n2)C1=O. The molecule has 0 saturated heterocycles. The summed E-state index contributed by atoms with van der Waals surface area (Å²) in [7, 11) is 0. The number of nitrogens with zero attached hydrogens (tertiary/aromatic N) is 2. The molecule has 0 atom stereocenters. The van der Waals surface area contributed by atoms with Gasteiger partial charge in [0.2, 0.25) is 0 Å². The molecule has 6 heteroatoms. The number of rotatable bonds is 5. The highest BCUT2D eigenvalue weighted by molar-refractivity contribution is 6.20. The Balaban J connectivity index is 2.21. The van der Waals surface area contributed by atoms with Gasteiger partial charge in [0.25, 0.3) is 11.8 Å². The average Bonchev–Trinajstić information content (AvgIpc) is 2.74. The standard InChI is InChI=1S/C17H18N2O4/c1-4-7-13-11(3)15(20)19(16(13)21)10-12-8-6-9-14(18-12)17(22)23-5-2/h4,6-9H,5,10H2,1-3H3/b7-4-. The Hall–Kier alpha value is -2.76. The molecule has 2 rings (SSSR count). The van der Waals surface area contributed by atoms with E-state index in [1.165, 1.54) is 6.07 Å². The van der Waals surface area contributed by atoms with Crippen molar-refractivity contribution >= 4 is 17.8 Å². The van der Waals surface area contributed by atoms with Crippen LogP contribution in [-0.2, 0) is 20.9 Å². The van der Waals surface area contributed by atoms with E-state index in [2.05, 4.69) is 4.98 Å². The van der Waals surface area contributed by atoms with Crippen molar-refractivity contribution in [1.82, 2.24) is 9.88 Å². The third-order valence-electron chi connectivity index (χ3n) is 3.39. The fraction of sp³-hybridized carbons (Fsp3) is 0.294. The second-order valence-corrected chi connectivity index (χ2v) is 4.97. The molecule has 0 aliphatic carbocycles. The number of carbonyl (C=O) groups is 3. The molecule has 0 unspecified atom stereocenters. The Kier molecular flexibility index (Phi) is 5.05. The van der Waals surface area contributed by atoms with E-state index >= 15 is 0 Å². The van der Waals surface area contributed by atoms with Gasteiger partial charge in [-0.15, -0.1) is 0 Å². The van der Waals surface area contributed by atoms with Crippen molar-refractivity contribution in [2.45, 2.75) is 27.3 Å². The van der Waals surface area contributed by atoms with E-state index in [1.54, 1.807) is 45.1 Å². The smallest absolute Gasteiger partial charge is 0.356 e. The summed E-state index contributed by atoms with van der Waals surface area (Å²) in [4.78, 5) is 41.5. The van der Waals surface area contributed by atoms with Gasteiger partial charge in [-0.3, -0.25) is 14.5 Å². The summed E-state index contributed by atoms with van der Waals surface area (Å²) >= 11 is 0. The molecule has 1 aliphatic rings. The predicted molar refractivity (Wildman–Crippen MR) is 83.3 cm³/mol. The zero-order valence-electron chi connectivity index (χ0n) is 13.3. The van der Waals surface area contributed by atoms with E-state index in [9.17, 15) is 14.4 Å². The summed E-state index contributed by atoms with van der Waals surface area (Å²) in [5.74, 6) is -1.22. The van der Waals surface area contributed by atoms with Gasteiger partial charge in [-0.05, 0) is 32.9 Å². The number of ether oxygens (including phenoxy) is 1. The highest BCUT2D eigenvalue weighted by Crippen LogP contribution is 2.23. The van der Waals surface area contributed by atoms with Crippen molar-refractivity contribution in [2.75, 3.05) is 6.61 Å². The molecule has 0 bridgehead atoms. The van der Waals surface area contributed by atoms with Gasteiger partial charge in [-0.1, -0.05) is 18.2 Å². The van der Waals surface area contributed by atoms with Gasteiger partial charge >= 0.3 is 5.97 Å². The molecule has 1 aromatic heterocycles. The maximum absolute atomic E-state index is 12.3. The van der Waals surface area contributed by atoms with E-state index in [-0.39, 0.29) is 30.7 Å². The first-order chi connectivity index (χ1) is 11.0. The molecule has 0 N–H and O–H groups in total. The zero-order valence-corrected chi connectivity index (χ0v) is 13.3. The lowest BCUT2D eigenvalue weighted by Gasteiger charge is -2.14. The van der Waals surface area contributed by atoms with Crippen LogP contribution in [0, 0.1) is 0 Å². The van der Waals surface area contributed by atoms with Crippen LogP contribution in [-0.4, -0.2) is 34.3 Å². The monoisotopic (exact) mass is 314 g/mol. The van der Waals surface area contributed by atoms with E-state index in [1.807, 2.05) is 0 Å². The number of amides is 2. The number of pyridine rings is 1. The lowest BCUT2D eigenvalue weighted by atomic mass is 10.1. The van der Waals surface area contributed by atoms with E-state index in [4.69, 9.17) is 4.74 Å². The van der Waals surface area contributed by atoms with Crippen molar-refractivity contribution in [1.29, 1.82) is 0 Å². The maximum Gasteiger partial charge on any atom is 0.356 e. The molecule has 0 saturated carbocycles. The summed E-state index contributed by atoms with van der Waals surface area (Å²) in [6, 6.07) is 4.84. The predicted octanol–water partition coefficient (Wildman–Crippen LogP) is 2.02. The fourth-order valence-electron chi connectivity index (χ4n) is 2.27. The first kappa shape index (κ1) is 16.6. The quantitative estimate of drug-likeness (QED) is 0.614. The number of hydrogen-bond acceptors (Lipinski definition) is 5. The third kappa shape index (κ3) is 3.36. The number of carbonyl (C=O) groups excluding carboxylic acids is 3. The number of imide groups is 1. The molecule has 23 heavy (non-hydrogen) atoms. The summed E-state index contributed by atoms with van der Waals surface area (Å²) in [6.45, 7) is 5.39. The molecule has 1 aromatic rings. The van der Waals surface area contributed by atoms with E-state index < -0.39 is 5.97 Å². The normalized spacial score (nSPS) is 15.0. The van der Waals surface area contributed by atoms with Crippen LogP contribution in [0.4, 0.5) is 0 Å². The minimum Gasteiger partial charge on any atom is -0.461 e. The van der Waals surface area contributed by atoms with Gasteiger partial charge in [-0.25, -0.2) is 9.78 Å². The highest BCUT2D eigenvalue weighted by Gasteiger charge is 2.34. The number of aromatic nitrogens is 1. The molecule has 0 aromatic carbocycles. The Morgan fingerprint density at radius 3 is 2.70 bits per heavy atom. The van der Waals surface area contributed by atoms with Gasteiger partial charge < -0.3 is 4.74 Å². The molecular weight excluding hydrogens is 296 g/mol. The van der Waals surface area contributed by atoms with Crippen LogP contribution < -0.4 is 0 Å². The average molecular weight is 314 g/mol. The van der Waals surface area contributed by atoms with Gasteiger partial charge in [0.15, 0.2) is 0 Å². The van der Waals surface area contributed by atoms with E-state index in [0.29, 0.717) is 16.8 Å². The second-order valence-electron chi connectivity index (χ2n) is 4.97. The lowest BCUT2D eigenvalue weighted by Crippen LogP contribution is -2.31. The minimum absolute atomic E-state index is 0.0172. The fourth-order valence-corrected chi connectivity index (χ4v) is 2.27. The Bertz CT molecular complexity index is 719. The topological polar surface area (TPSA) is 76.6 Å². The minimum atomic E-state index is -0.530. The van der Waals surface area contributed by atoms with Gasteiger partial charge in [0.05, 0.1) is 18.8 Å². The lowest BCUT2D eigenvalue weighted by molar-refractivity contribution is -0.138. The van der Waals surface area contributed by atoms with Crippen molar-refractivity contribution in [3.63, 3.8) is 0 Å². The highest BCUT2D eigenvalue weighted by atomic mass is 16.5. The van der Waals surface area contributed by atoms with Crippen LogP contribution in [0.25, 0.3) is 0 Å². The molecule has 0 radical (unpaired) electrons. The zero-order chi connectivity index (χ0) is 17.0. The van der Waals surface area contributed by atoms with Crippen LogP contribution in [0.2, 0.25) is 0 Å². The third-order valence-corrected chi connectivity index (χ3v) is 3.39. The summed E-state index contributed by atoms with van der Waals surface area (Å²) < 4.78 is 4.89. The van der Waals surface area contributed by atoms with Crippen LogP contribution >= 0.6 is 0 Å². The molecule has 6 nitrogen and oxygen atoms in total. The molecule has 0 spiro atoms. The van der Waals surface area contributed by atoms with Crippen molar-refractivity contribution < 1.29 is 19.1 Å². The first-order valence-corrected chi connectivity index (χ1v) is 7.32. The summed E-state index contributed by atoms with van der Waals surface area (Å²) in [5, 5.41) is 0. The van der Waals surface area contributed by atoms with Crippen molar-refractivity contribution in [3.8, 4) is 0 Å². The number of allylic oxidation sites excluding steroid dienone is 1. The van der Waals surface area contributed by atoms with Gasteiger partial charge in [0.1, 0.15) is 5.69 Å². The molecule has 1 aliphatic heterocycles. The molecule has 120 valence electrons. The summed E-state index contributed by atoms with van der Waals surface area (Å²) in [5.41, 5.74) is 1.40. The van der Waals surface area contributed by atoms with Crippen LogP contribution in [0.5, 0.6) is 0 Å². The number of esters is 1. The largest absolute Gasteiger partial charge is 0.461 e. The van der Waals surface area contributed by atoms with Crippen LogP contribution in [0.1, 0.15) is 37.0 Å². The van der Waals surface area contributed by atoms with Crippen LogP contribution in [0.3, 0.4) is 0 Å². The summed E-state index contributed by atoms with van der Waals surface area (Å²) in [6.07, 6.45) is 3.34. The van der Waals surface area contributed by atoms with Gasteiger partial charge in [-0.2, -0.15) is 0 Å². The Morgan fingerprint density at radius 1 is 1.30 bits per heavy atom.